The molecule has 0 aromatic rings. The lowest BCUT2D eigenvalue weighted by Crippen LogP contribution is -2.35. The van der Waals surface area contributed by atoms with Gasteiger partial charge in [0.1, 0.15) is 5.78 Å². The topological polar surface area (TPSA) is 34.1 Å². The largest absolute Gasteiger partial charge is 0.299 e. The Morgan fingerprint density at radius 1 is 1.06 bits per heavy atom. The van der Waals surface area contributed by atoms with Crippen molar-refractivity contribution < 1.29 is 9.59 Å². The molecule has 3 aliphatic rings. The summed E-state index contributed by atoms with van der Waals surface area (Å²) in [5.74, 6) is 0.216. The molecular weight excluding hydrogens is 200 g/mol. The molecule has 3 aliphatic carbocycles. The summed E-state index contributed by atoms with van der Waals surface area (Å²) in [6.45, 7) is 0. The van der Waals surface area contributed by atoms with E-state index in [1.54, 1.807) is 0 Å². The van der Waals surface area contributed by atoms with Crippen LogP contribution in [0, 0.1) is 11.8 Å². The fourth-order valence-corrected chi connectivity index (χ4v) is 2.70. The highest BCUT2D eigenvalue weighted by Crippen LogP contribution is 2.39. The van der Waals surface area contributed by atoms with E-state index in [4.69, 9.17) is 0 Å². The number of ketones is 2. The van der Waals surface area contributed by atoms with Crippen molar-refractivity contribution in [3.63, 3.8) is 0 Å². The van der Waals surface area contributed by atoms with Crippen molar-refractivity contribution in [2.24, 2.45) is 11.8 Å². The first kappa shape index (κ1) is 9.52. The molecule has 0 aromatic carbocycles. The van der Waals surface area contributed by atoms with Crippen LogP contribution < -0.4 is 0 Å². The number of fused-ring (bicyclic) bond motifs is 3. The lowest BCUT2D eigenvalue weighted by Gasteiger charge is -2.33. The van der Waals surface area contributed by atoms with Crippen LogP contribution in [0.15, 0.2) is 47.6 Å². The number of hydrogen-bond donors (Lipinski definition) is 0. The average molecular weight is 212 g/mol. The van der Waals surface area contributed by atoms with Crippen molar-refractivity contribution in [2.75, 3.05) is 0 Å². The molecule has 2 unspecified atom stereocenters. The summed E-state index contributed by atoms with van der Waals surface area (Å²) in [4.78, 5) is 23.7. The van der Waals surface area contributed by atoms with Crippen LogP contribution >= 0.6 is 0 Å². The molecule has 0 aliphatic heterocycles. The van der Waals surface area contributed by atoms with E-state index < -0.39 is 0 Å². The van der Waals surface area contributed by atoms with Gasteiger partial charge in [0.15, 0.2) is 5.78 Å². The second kappa shape index (κ2) is 3.41. The van der Waals surface area contributed by atoms with Crippen LogP contribution in [0.5, 0.6) is 0 Å². The Morgan fingerprint density at radius 3 is 2.81 bits per heavy atom. The Morgan fingerprint density at radius 2 is 1.94 bits per heavy atom. The van der Waals surface area contributed by atoms with Crippen molar-refractivity contribution >= 4 is 11.6 Å². The SMILES string of the molecule is O=C1CCC(=O)C2C1=CC=C1C=CC=CC12. The zero-order valence-electron chi connectivity index (χ0n) is 8.85. The number of allylic oxidation sites excluding steroid dienone is 8. The van der Waals surface area contributed by atoms with Crippen LogP contribution in [0.2, 0.25) is 0 Å². The monoisotopic (exact) mass is 212 g/mol. The minimum Gasteiger partial charge on any atom is -0.299 e. The van der Waals surface area contributed by atoms with E-state index in [0.717, 1.165) is 5.57 Å². The quantitative estimate of drug-likeness (QED) is 0.616. The van der Waals surface area contributed by atoms with E-state index in [-0.39, 0.29) is 23.4 Å². The van der Waals surface area contributed by atoms with E-state index >= 15 is 0 Å². The minimum atomic E-state index is -0.220. The fraction of sp³-hybridized carbons (Fsp3) is 0.286. The van der Waals surface area contributed by atoms with Gasteiger partial charge in [0.2, 0.25) is 0 Å². The molecule has 0 heterocycles. The minimum absolute atomic E-state index is 0.0850. The van der Waals surface area contributed by atoms with Gasteiger partial charge in [0.05, 0.1) is 5.92 Å². The van der Waals surface area contributed by atoms with Crippen LogP contribution in [0.25, 0.3) is 0 Å². The molecular formula is C14H12O2. The van der Waals surface area contributed by atoms with E-state index in [0.29, 0.717) is 18.4 Å². The predicted octanol–water partition coefficient (Wildman–Crippen LogP) is 2.14. The number of carbonyl (C=O) groups is 2. The second-order valence-corrected chi connectivity index (χ2v) is 4.43. The van der Waals surface area contributed by atoms with Crippen molar-refractivity contribution in [2.45, 2.75) is 12.8 Å². The first-order valence-corrected chi connectivity index (χ1v) is 5.60. The third-order valence-corrected chi connectivity index (χ3v) is 3.52. The molecule has 2 nitrogen and oxygen atoms in total. The first-order valence-electron chi connectivity index (χ1n) is 5.60. The molecule has 0 radical (unpaired) electrons. The lowest BCUT2D eigenvalue weighted by molar-refractivity contribution is -0.129. The zero-order valence-corrected chi connectivity index (χ0v) is 8.85. The van der Waals surface area contributed by atoms with Gasteiger partial charge in [-0.15, -0.1) is 0 Å². The third kappa shape index (κ3) is 1.26. The van der Waals surface area contributed by atoms with Crippen LogP contribution in [-0.2, 0) is 9.59 Å². The summed E-state index contributed by atoms with van der Waals surface area (Å²) in [6, 6.07) is 0. The van der Waals surface area contributed by atoms with Gasteiger partial charge < -0.3 is 0 Å². The summed E-state index contributed by atoms with van der Waals surface area (Å²) in [5.41, 5.74) is 1.85. The molecule has 0 N–H and O–H groups in total. The van der Waals surface area contributed by atoms with Crippen molar-refractivity contribution in [1.29, 1.82) is 0 Å². The maximum Gasteiger partial charge on any atom is 0.160 e. The van der Waals surface area contributed by atoms with Gasteiger partial charge in [-0.25, -0.2) is 0 Å². The van der Waals surface area contributed by atoms with Crippen LogP contribution in [0.4, 0.5) is 0 Å². The molecule has 3 rings (SSSR count). The molecule has 0 spiro atoms. The fourth-order valence-electron chi connectivity index (χ4n) is 2.70. The number of Topliss-reactive ketones (excluding diaryl/α,β-unsaturated/α-hetero) is 2. The maximum atomic E-state index is 12.0. The summed E-state index contributed by atoms with van der Waals surface area (Å²) in [6.07, 6.45) is 12.6. The summed E-state index contributed by atoms with van der Waals surface area (Å²) in [7, 11) is 0. The molecule has 80 valence electrons. The highest BCUT2D eigenvalue weighted by atomic mass is 16.1. The van der Waals surface area contributed by atoms with Gasteiger partial charge in [-0.3, -0.25) is 9.59 Å². The third-order valence-electron chi connectivity index (χ3n) is 3.52. The molecule has 2 atom stereocenters. The highest BCUT2D eigenvalue weighted by Gasteiger charge is 2.39. The molecule has 0 bridgehead atoms. The Kier molecular flexibility index (Phi) is 2.03. The smallest absolute Gasteiger partial charge is 0.160 e. The van der Waals surface area contributed by atoms with E-state index in [1.165, 1.54) is 0 Å². The zero-order chi connectivity index (χ0) is 11.1. The number of hydrogen-bond acceptors (Lipinski definition) is 2. The summed E-state index contributed by atoms with van der Waals surface area (Å²) >= 11 is 0. The first-order chi connectivity index (χ1) is 7.77. The van der Waals surface area contributed by atoms with Crippen molar-refractivity contribution in [3.05, 3.63) is 47.6 Å². The molecule has 1 saturated carbocycles. The van der Waals surface area contributed by atoms with Crippen molar-refractivity contribution in [3.8, 4) is 0 Å². The second-order valence-electron chi connectivity index (χ2n) is 4.43. The van der Waals surface area contributed by atoms with E-state index in [9.17, 15) is 9.59 Å². The van der Waals surface area contributed by atoms with Gasteiger partial charge in [0.25, 0.3) is 0 Å². The molecule has 0 amide bonds. The Hall–Kier alpha value is -1.70. The van der Waals surface area contributed by atoms with Crippen molar-refractivity contribution in [1.82, 2.24) is 0 Å². The predicted molar refractivity (Wildman–Crippen MR) is 60.7 cm³/mol. The van der Waals surface area contributed by atoms with Gasteiger partial charge >= 0.3 is 0 Å². The van der Waals surface area contributed by atoms with Gasteiger partial charge in [-0.2, -0.15) is 0 Å². The molecule has 16 heavy (non-hydrogen) atoms. The maximum absolute atomic E-state index is 12.0. The Bertz CT molecular complexity index is 489. The van der Waals surface area contributed by atoms with Crippen LogP contribution in [0.1, 0.15) is 12.8 Å². The Labute approximate surface area is 94.0 Å². The molecule has 2 heteroatoms. The normalized spacial score (nSPS) is 31.8. The molecule has 0 aromatic heterocycles. The highest BCUT2D eigenvalue weighted by molar-refractivity contribution is 6.08. The van der Waals surface area contributed by atoms with Gasteiger partial charge in [0, 0.05) is 24.3 Å². The lowest BCUT2D eigenvalue weighted by atomic mass is 9.68. The summed E-state index contributed by atoms with van der Waals surface area (Å²) in [5, 5.41) is 0. The molecule has 1 fully saturated rings. The van der Waals surface area contributed by atoms with E-state index in [1.807, 2.05) is 36.5 Å². The standard InChI is InChI=1S/C14H12O2/c15-12-7-8-13(16)14-10-4-2-1-3-9(10)5-6-11(12)14/h1-6,10,14H,7-8H2. The van der Waals surface area contributed by atoms with E-state index in [2.05, 4.69) is 0 Å². The number of carbonyl (C=O) groups excluding carboxylic acids is 2. The van der Waals surface area contributed by atoms with Crippen LogP contribution in [-0.4, -0.2) is 11.6 Å². The number of rotatable bonds is 0. The molecule has 0 saturated heterocycles. The average Bonchev–Trinajstić information content (AvgIpc) is 2.33. The van der Waals surface area contributed by atoms with Crippen LogP contribution in [0.3, 0.4) is 0 Å². The van der Waals surface area contributed by atoms with Gasteiger partial charge in [-0.1, -0.05) is 36.5 Å². The summed E-state index contributed by atoms with van der Waals surface area (Å²) < 4.78 is 0. The Balaban J connectivity index is 2.10. The van der Waals surface area contributed by atoms with Gasteiger partial charge in [-0.05, 0) is 5.57 Å².